The summed E-state index contributed by atoms with van der Waals surface area (Å²) >= 11 is 0. The number of piperidine rings is 1. The molecule has 2 aromatic carbocycles. The van der Waals surface area contributed by atoms with Crippen molar-refractivity contribution in [1.29, 1.82) is 5.26 Å². The topological polar surface area (TPSA) is 81.9 Å². The van der Waals surface area contributed by atoms with E-state index in [9.17, 15) is 10.1 Å². The fourth-order valence-corrected chi connectivity index (χ4v) is 4.56. The molecule has 0 aliphatic carbocycles. The van der Waals surface area contributed by atoms with Gasteiger partial charge in [-0.15, -0.1) is 0 Å². The van der Waals surface area contributed by atoms with Gasteiger partial charge in [0, 0.05) is 48.8 Å². The number of rotatable bonds is 4. The zero-order valence-electron chi connectivity index (χ0n) is 19.0. The Hall–Kier alpha value is -4.24. The van der Waals surface area contributed by atoms with Gasteiger partial charge in [-0.25, -0.2) is 0 Å². The molecule has 0 unspecified atom stereocenters. The minimum Gasteiger partial charge on any atom is -0.382 e. The summed E-state index contributed by atoms with van der Waals surface area (Å²) in [7, 11) is 0. The molecule has 6 heteroatoms. The third-order valence-corrected chi connectivity index (χ3v) is 6.43. The lowest BCUT2D eigenvalue weighted by molar-refractivity contribution is 0.0711. The van der Waals surface area contributed by atoms with Gasteiger partial charge in [0.2, 0.25) is 0 Å². The number of hydrogen-bond acceptors (Lipinski definition) is 5. The van der Waals surface area contributed by atoms with Crippen LogP contribution >= 0.6 is 0 Å². The number of carbonyl (C=O) groups excluding carboxylic acids is 1. The SMILES string of the molecule is Cc1cccnc1C(=O)N1CCC(Nc2cc(-c3cccc(C#N)c3)cc3ccncc23)CC1. The van der Waals surface area contributed by atoms with Crippen LogP contribution in [0.25, 0.3) is 21.9 Å². The number of nitriles is 1. The number of carbonyl (C=O) groups is 1. The predicted molar refractivity (Wildman–Crippen MR) is 133 cm³/mol. The standard InChI is InChI=1S/C28H25N5O/c1-19-4-3-10-31-27(19)28(34)33-12-8-24(9-13-33)32-26-16-23(15-22-7-11-30-18-25(22)26)21-6-2-5-20(14-21)17-29/h2-7,10-11,14-16,18,24,32H,8-9,12-13H2,1H3. The second-order valence-corrected chi connectivity index (χ2v) is 8.69. The summed E-state index contributed by atoms with van der Waals surface area (Å²) in [5, 5.41) is 15.2. The molecular weight excluding hydrogens is 422 g/mol. The lowest BCUT2D eigenvalue weighted by atomic mass is 9.98. The molecule has 0 radical (unpaired) electrons. The zero-order valence-corrected chi connectivity index (χ0v) is 19.0. The molecule has 1 fully saturated rings. The van der Waals surface area contributed by atoms with Crippen LogP contribution in [0.15, 0.2) is 73.2 Å². The molecule has 6 nitrogen and oxygen atoms in total. The van der Waals surface area contributed by atoms with Gasteiger partial charge in [-0.2, -0.15) is 5.26 Å². The molecule has 1 amide bonds. The molecule has 34 heavy (non-hydrogen) atoms. The first-order valence-corrected chi connectivity index (χ1v) is 11.5. The summed E-state index contributed by atoms with van der Waals surface area (Å²) in [4.78, 5) is 23.4. The van der Waals surface area contributed by atoms with Crippen LogP contribution in [0.3, 0.4) is 0 Å². The van der Waals surface area contributed by atoms with Gasteiger partial charge >= 0.3 is 0 Å². The van der Waals surface area contributed by atoms with Crippen molar-refractivity contribution in [2.24, 2.45) is 0 Å². The maximum Gasteiger partial charge on any atom is 0.272 e. The quantitative estimate of drug-likeness (QED) is 0.465. The second-order valence-electron chi connectivity index (χ2n) is 8.69. The molecule has 5 rings (SSSR count). The Bertz CT molecular complexity index is 1400. The van der Waals surface area contributed by atoms with Crippen molar-refractivity contribution in [3.05, 3.63) is 90.0 Å². The normalized spacial score (nSPS) is 14.1. The van der Waals surface area contributed by atoms with Crippen molar-refractivity contribution in [2.45, 2.75) is 25.8 Å². The van der Waals surface area contributed by atoms with Crippen LogP contribution < -0.4 is 5.32 Å². The van der Waals surface area contributed by atoms with Gasteiger partial charge in [-0.1, -0.05) is 18.2 Å². The Morgan fingerprint density at radius 2 is 1.91 bits per heavy atom. The average Bonchev–Trinajstić information content (AvgIpc) is 2.89. The van der Waals surface area contributed by atoms with Gasteiger partial charge in [0.05, 0.1) is 11.6 Å². The van der Waals surface area contributed by atoms with Crippen molar-refractivity contribution in [2.75, 3.05) is 18.4 Å². The van der Waals surface area contributed by atoms with Crippen LogP contribution in [0, 0.1) is 18.3 Å². The highest BCUT2D eigenvalue weighted by Gasteiger charge is 2.25. The van der Waals surface area contributed by atoms with Gasteiger partial charge in [0.1, 0.15) is 5.69 Å². The first kappa shape index (κ1) is 21.6. The van der Waals surface area contributed by atoms with Crippen LogP contribution in [0.5, 0.6) is 0 Å². The molecule has 0 saturated carbocycles. The Morgan fingerprint density at radius 1 is 1.06 bits per heavy atom. The third-order valence-electron chi connectivity index (χ3n) is 6.43. The van der Waals surface area contributed by atoms with Gasteiger partial charge in [-0.3, -0.25) is 14.8 Å². The van der Waals surface area contributed by atoms with Gasteiger partial charge < -0.3 is 10.2 Å². The number of aromatic nitrogens is 2. The summed E-state index contributed by atoms with van der Waals surface area (Å²) in [6, 6.07) is 20.2. The molecule has 0 bridgehead atoms. The fourth-order valence-electron chi connectivity index (χ4n) is 4.56. The van der Waals surface area contributed by atoms with E-state index >= 15 is 0 Å². The number of nitrogens with zero attached hydrogens (tertiary/aromatic N) is 4. The Kier molecular flexibility index (Phi) is 5.92. The molecule has 0 spiro atoms. The van der Waals surface area contributed by atoms with Crippen molar-refractivity contribution in [3.63, 3.8) is 0 Å². The van der Waals surface area contributed by atoms with E-state index in [1.165, 1.54) is 0 Å². The monoisotopic (exact) mass is 447 g/mol. The number of anilines is 1. The smallest absolute Gasteiger partial charge is 0.272 e. The molecule has 1 aliphatic heterocycles. The summed E-state index contributed by atoms with van der Waals surface area (Å²) in [6.07, 6.45) is 7.06. The predicted octanol–water partition coefficient (Wildman–Crippen LogP) is 5.19. The van der Waals surface area contributed by atoms with Crippen LogP contribution in [-0.4, -0.2) is 39.9 Å². The fraction of sp³-hybridized carbons (Fsp3) is 0.214. The zero-order chi connectivity index (χ0) is 23.5. The van der Waals surface area contributed by atoms with Gasteiger partial charge in [0.15, 0.2) is 0 Å². The number of nitrogens with one attached hydrogen (secondary N) is 1. The molecule has 0 atom stereocenters. The molecule has 1 saturated heterocycles. The van der Waals surface area contributed by atoms with E-state index in [-0.39, 0.29) is 11.9 Å². The Morgan fingerprint density at radius 3 is 2.71 bits per heavy atom. The third kappa shape index (κ3) is 4.33. The number of amides is 1. The number of pyridine rings is 2. The van der Waals surface area contributed by atoms with E-state index < -0.39 is 0 Å². The van der Waals surface area contributed by atoms with Crippen molar-refractivity contribution in [3.8, 4) is 17.2 Å². The van der Waals surface area contributed by atoms with Gasteiger partial charge in [-0.05, 0) is 78.2 Å². The number of likely N-dealkylation sites (tertiary alicyclic amines) is 1. The van der Waals surface area contributed by atoms with E-state index in [0.29, 0.717) is 24.3 Å². The summed E-state index contributed by atoms with van der Waals surface area (Å²) < 4.78 is 0. The molecule has 3 heterocycles. The number of fused-ring (bicyclic) bond motifs is 1. The van der Waals surface area contributed by atoms with Crippen LogP contribution in [0.1, 0.15) is 34.5 Å². The minimum atomic E-state index is 0.00516. The van der Waals surface area contributed by atoms with Gasteiger partial charge in [0.25, 0.3) is 5.91 Å². The lowest BCUT2D eigenvalue weighted by Gasteiger charge is -2.33. The molecule has 168 valence electrons. The summed E-state index contributed by atoms with van der Waals surface area (Å²) in [5.74, 6) is 0.00516. The van der Waals surface area contributed by atoms with Crippen LogP contribution in [0.2, 0.25) is 0 Å². The van der Waals surface area contributed by atoms with Crippen molar-refractivity contribution < 1.29 is 4.79 Å². The molecule has 2 aromatic heterocycles. The van der Waals surface area contributed by atoms with E-state index in [0.717, 1.165) is 46.0 Å². The first-order chi connectivity index (χ1) is 16.6. The first-order valence-electron chi connectivity index (χ1n) is 11.5. The second kappa shape index (κ2) is 9.32. The lowest BCUT2D eigenvalue weighted by Crippen LogP contribution is -2.42. The highest BCUT2D eigenvalue weighted by Crippen LogP contribution is 2.32. The van der Waals surface area contributed by atoms with E-state index in [1.54, 1.807) is 12.4 Å². The van der Waals surface area contributed by atoms with Crippen LogP contribution in [-0.2, 0) is 0 Å². The molecular formula is C28H25N5O. The largest absolute Gasteiger partial charge is 0.382 e. The summed E-state index contributed by atoms with van der Waals surface area (Å²) in [5.41, 5.74) is 5.17. The molecule has 1 N–H and O–H groups in total. The average molecular weight is 448 g/mol. The van der Waals surface area contributed by atoms with Crippen molar-refractivity contribution >= 4 is 22.4 Å². The minimum absolute atomic E-state index is 0.00516. The molecule has 1 aliphatic rings. The van der Waals surface area contributed by atoms with E-state index in [2.05, 4.69) is 33.5 Å². The highest BCUT2D eigenvalue weighted by atomic mass is 16.2. The number of aryl methyl sites for hydroxylation is 1. The Labute approximate surface area is 198 Å². The van der Waals surface area contributed by atoms with Crippen molar-refractivity contribution in [1.82, 2.24) is 14.9 Å². The summed E-state index contributed by atoms with van der Waals surface area (Å²) in [6.45, 7) is 3.30. The maximum atomic E-state index is 12.9. The number of benzene rings is 2. The van der Waals surface area contributed by atoms with Crippen LogP contribution in [0.4, 0.5) is 5.69 Å². The number of hydrogen-bond donors (Lipinski definition) is 1. The van der Waals surface area contributed by atoms with E-state index in [4.69, 9.17) is 0 Å². The highest BCUT2D eigenvalue weighted by molar-refractivity contribution is 5.97. The molecule has 4 aromatic rings. The van der Waals surface area contributed by atoms with E-state index in [1.807, 2.05) is 60.5 Å². The maximum absolute atomic E-state index is 12.9. The Balaban J connectivity index is 1.36.